The number of halogens is 1. The van der Waals surface area contributed by atoms with Crippen molar-refractivity contribution in [1.82, 2.24) is 5.32 Å². The van der Waals surface area contributed by atoms with Crippen LogP contribution in [0.4, 0.5) is 10.1 Å². The van der Waals surface area contributed by atoms with E-state index in [9.17, 15) is 24.4 Å². The number of nitro benzene ring substituents is 1. The van der Waals surface area contributed by atoms with Gasteiger partial charge in [-0.25, -0.2) is 4.39 Å². The largest absolute Gasteiger partial charge is 0.393 e. The molecule has 0 heterocycles. The fourth-order valence-corrected chi connectivity index (χ4v) is 1.83. The van der Waals surface area contributed by atoms with Crippen LogP contribution >= 0.6 is 0 Å². The van der Waals surface area contributed by atoms with Crippen LogP contribution in [0, 0.1) is 21.8 Å². The summed E-state index contributed by atoms with van der Waals surface area (Å²) >= 11 is 0. The number of hydrogen-bond donors (Lipinski definition) is 2. The molecule has 0 aliphatic rings. The first-order valence-corrected chi connectivity index (χ1v) is 6.21. The van der Waals surface area contributed by atoms with Gasteiger partial charge in [0.05, 0.1) is 22.7 Å². The Morgan fingerprint density at radius 2 is 2.15 bits per heavy atom. The Hall–Kier alpha value is -2.02. The summed E-state index contributed by atoms with van der Waals surface area (Å²) in [5.41, 5.74) is -0.638. The Labute approximate surface area is 115 Å². The molecular formula is C13H17FN2O4. The van der Waals surface area contributed by atoms with Gasteiger partial charge >= 0.3 is 0 Å². The van der Waals surface area contributed by atoms with Gasteiger partial charge < -0.3 is 10.4 Å². The quantitative estimate of drug-likeness (QED) is 0.616. The van der Waals surface area contributed by atoms with Crippen LogP contribution in [-0.4, -0.2) is 28.6 Å². The molecule has 2 N–H and O–H groups in total. The van der Waals surface area contributed by atoms with Crippen LogP contribution < -0.4 is 5.32 Å². The summed E-state index contributed by atoms with van der Waals surface area (Å²) in [5.74, 6) is -1.52. The molecule has 1 amide bonds. The zero-order valence-corrected chi connectivity index (χ0v) is 11.3. The molecule has 110 valence electrons. The smallest absolute Gasteiger partial charge is 0.272 e. The molecule has 6 nitrogen and oxygen atoms in total. The summed E-state index contributed by atoms with van der Waals surface area (Å²) in [6, 6.07) is 2.88. The van der Waals surface area contributed by atoms with Gasteiger partial charge in [-0.3, -0.25) is 14.9 Å². The molecule has 0 saturated heterocycles. The maximum absolute atomic E-state index is 13.6. The number of carbonyl (C=O) groups excluding carboxylic acids is 1. The van der Waals surface area contributed by atoms with Crippen molar-refractivity contribution in [1.29, 1.82) is 0 Å². The molecule has 0 bridgehead atoms. The number of benzene rings is 1. The molecule has 2 atom stereocenters. The minimum Gasteiger partial charge on any atom is -0.393 e. The van der Waals surface area contributed by atoms with E-state index in [0.29, 0.717) is 19.0 Å². The molecule has 7 heteroatoms. The predicted octanol–water partition coefficient (Wildman–Crippen LogP) is 1.87. The Bertz CT molecular complexity index is 505. The van der Waals surface area contributed by atoms with Crippen molar-refractivity contribution < 1.29 is 19.2 Å². The first-order valence-electron chi connectivity index (χ1n) is 6.21. The minimum atomic E-state index is -0.931. The SMILES string of the molecule is CC(O)CC(C)CNC(=O)c1ccc([N+](=O)[O-])cc1F. The number of aliphatic hydroxyl groups excluding tert-OH is 1. The minimum absolute atomic E-state index is 0.0417. The van der Waals surface area contributed by atoms with Crippen molar-refractivity contribution in [2.24, 2.45) is 5.92 Å². The van der Waals surface area contributed by atoms with Crippen molar-refractivity contribution in [2.75, 3.05) is 6.54 Å². The summed E-state index contributed by atoms with van der Waals surface area (Å²) in [4.78, 5) is 21.5. The van der Waals surface area contributed by atoms with Crippen molar-refractivity contribution in [3.05, 3.63) is 39.7 Å². The monoisotopic (exact) mass is 284 g/mol. The van der Waals surface area contributed by atoms with Gasteiger partial charge in [0.1, 0.15) is 5.82 Å². The standard InChI is InChI=1S/C13H17FN2O4/c1-8(5-9(2)17)7-15-13(18)11-4-3-10(16(19)20)6-12(11)14/h3-4,6,8-9,17H,5,7H2,1-2H3,(H,15,18). The molecule has 1 rings (SSSR count). The van der Waals surface area contributed by atoms with E-state index in [0.717, 1.165) is 12.1 Å². The number of amides is 1. The van der Waals surface area contributed by atoms with Gasteiger partial charge in [-0.15, -0.1) is 0 Å². The lowest BCUT2D eigenvalue weighted by Crippen LogP contribution is -2.30. The maximum atomic E-state index is 13.6. The topological polar surface area (TPSA) is 92.5 Å². The summed E-state index contributed by atoms with van der Waals surface area (Å²) in [5, 5.41) is 22.2. The third-order valence-electron chi connectivity index (χ3n) is 2.76. The molecule has 0 aromatic heterocycles. The highest BCUT2D eigenvalue weighted by molar-refractivity contribution is 5.94. The summed E-state index contributed by atoms with van der Waals surface area (Å²) in [7, 11) is 0. The fraction of sp³-hybridized carbons (Fsp3) is 0.462. The molecular weight excluding hydrogens is 267 g/mol. The Kier molecular flexibility index (Phi) is 5.57. The molecule has 0 aliphatic heterocycles. The van der Waals surface area contributed by atoms with E-state index in [1.807, 2.05) is 6.92 Å². The van der Waals surface area contributed by atoms with E-state index < -0.39 is 28.4 Å². The van der Waals surface area contributed by atoms with Crippen molar-refractivity contribution in [2.45, 2.75) is 26.4 Å². The number of nitrogens with one attached hydrogen (secondary N) is 1. The molecule has 2 unspecified atom stereocenters. The van der Waals surface area contributed by atoms with Crippen LogP contribution in [0.2, 0.25) is 0 Å². The number of rotatable bonds is 6. The van der Waals surface area contributed by atoms with Crippen molar-refractivity contribution in [3.8, 4) is 0 Å². The lowest BCUT2D eigenvalue weighted by Gasteiger charge is -2.14. The lowest BCUT2D eigenvalue weighted by molar-refractivity contribution is -0.385. The van der Waals surface area contributed by atoms with E-state index in [-0.39, 0.29) is 11.5 Å². The third kappa shape index (κ3) is 4.58. The van der Waals surface area contributed by atoms with Gasteiger partial charge in [-0.1, -0.05) is 6.92 Å². The zero-order chi connectivity index (χ0) is 15.3. The Morgan fingerprint density at radius 1 is 1.50 bits per heavy atom. The van der Waals surface area contributed by atoms with Crippen molar-refractivity contribution in [3.63, 3.8) is 0 Å². The lowest BCUT2D eigenvalue weighted by atomic mass is 10.0. The number of nitrogens with zero attached hydrogens (tertiary/aromatic N) is 1. The highest BCUT2D eigenvalue weighted by atomic mass is 19.1. The average Bonchev–Trinajstić information content (AvgIpc) is 2.34. The molecule has 1 aromatic rings. The highest BCUT2D eigenvalue weighted by Gasteiger charge is 2.16. The van der Waals surface area contributed by atoms with Crippen LogP contribution in [0.3, 0.4) is 0 Å². The molecule has 0 radical (unpaired) electrons. The zero-order valence-electron chi connectivity index (χ0n) is 11.3. The maximum Gasteiger partial charge on any atom is 0.272 e. The first kappa shape index (κ1) is 16.0. The van der Waals surface area contributed by atoms with E-state index >= 15 is 0 Å². The van der Waals surface area contributed by atoms with Gasteiger partial charge in [0.2, 0.25) is 0 Å². The predicted molar refractivity (Wildman–Crippen MR) is 70.8 cm³/mol. The van der Waals surface area contributed by atoms with E-state index in [1.54, 1.807) is 6.92 Å². The summed E-state index contributed by atoms with van der Waals surface area (Å²) in [6.07, 6.45) is 0.0428. The number of carbonyl (C=O) groups is 1. The second-order valence-electron chi connectivity index (χ2n) is 4.82. The fourth-order valence-electron chi connectivity index (χ4n) is 1.83. The average molecular weight is 284 g/mol. The number of nitro groups is 1. The molecule has 0 aliphatic carbocycles. The van der Waals surface area contributed by atoms with E-state index in [1.165, 1.54) is 0 Å². The second kappa shape index (κ2) is 6.95. The molecule has 20 heavy (non-hydrogen) atoms. The number of non-ortho nitro benzene ring substituents is 1. The second-order valence-corrected chi connectivity index (χ2v) is 4.82. The highest BCUT2D eigenvalue weighted by Crippen LogP contribution is 2.16. The van der Waals surface area contributed by atoms with Crippen LogP contribution in [0.1, 0.15) is 30.6 Å². The molecule has 1 aromatic carbocycles. The van der Waals surface area contributed by atoms with Crippen LogP contribution in [0.15, 0.2) is 18.2 Å². The van der Waals surface area contributed by atoms with Crippen LogP contribution in [-0.2, 0) is 0 Å². The van der Waals surface area contributed by atoms with Crippen molar-refractivity contribution >= 4 is 11.6 Å². The first-order chi connectivity index (χ1) is 9.31. The van der Waals surface area contributed by atoms with E-state index in [4.69, 9.17) is 0 Å². The Morgan fingerprint density at radius 3 is 2.65 bits per heavy atom. The Balaban J connectivity index is 2.66. The van der Waals surface area contributed by atoms with Gasteiger partial charge in [0.15, 0.2) is 0 Å². The number of aliphatic hydroxyl groups is 1. The van der Waals surface area contributed by atoms with Gasteiger partial charge in [-0.2, -0.15) is 0 Å². The summed E-state index contributed by atoms with van der Waals surface area (Å²) in [6.45, 7) is 3.79. The van der Waals surface area contributed by atoms with Gasteiger partial charge in [-0.05, 0) is 25.3 Å². The van der Waals surface area contributed by atoms with Gasteiger partial charge in [0.25, 0.3) is 11.6 Å². The number of hydrogen-bond acceptors (Lipinski definition) is 4. The van der Waals surface area contributed by atoms with Crippen LogP contribution in [0.25, 0.3) is 0 Å². The summed E-state index contributed by atoms with van der Waals surface area (Å²) < 4.78 is 13.6. The normalized spacial score (nSPS) is 13.6. The van der Waals surface area contributed by atoms with Gasteiger partial charge in [0, 0.05) is 12.6 Å². The van der Waals surface area contributed by atoms with E-state index in [2.05, 4.69) is 5.32 Å². The van der Waals surface area contributed by atoms with Crippen LogP contribution in [0.5, 0.6) is 0 Å². The third-order valence-corrected chi connectivity index (χ3v) is 2.76. The molecule has 0 fully saturated rings. The molecule has 0 saturated carbocycles. The molecule has 0 spiro atoms.